The van der Waals surface area contributed by atoms with Crippen molar-refractivity contribution in [3.63, 3.8) is 0 Å². The highest BCUT2D eigenvalue weighted by Gasteiger charge is 2.25. The summed E-state index contributed by atoms with van der Waals surface area (Å²) in [5.41, 5.74) is 1.29. The lowest BCUT2D eigenvalue weighted by atomic mass is 10.0. The first-order valence-electron chi connectivity index (χ1n) is 9.02. The van der Waals surface area contributed by atoms with E-state index < -0.39 is 0 Å². The van der Waals surface area contributed by atoms with Gasteiger partial charge in [-0.2, -0.15) is 0 Å². The quantitative estimate of drug-likeness (QED) is 0.623. The number of ether oxygens (including phenoxy) is 1. The lowest BCUT2D eigenvalue weighted by Crippen LogP contribution is -2.25. The number of aryl methyl sites for hydroxylation is 1. The van der Waals surface area contributed by atoms with Crippen molar-refractivity contribution in [3.8, 4) is 5.75 Å². The minimum Gasteiger partial charge on any atom is -0.487 e. The van der Waals surface area contributed by atoms with Crippen molar-refractivity contribution < 1.29 is 9.84 Å². The van der Waals surface area contributed by atoms with Gasteiger partial charge in [0.2, 0.25) is 0 Å². The molecule has 130 valence electrons. The SMILES string of the molecule is CCCCCCCCc1ccc(O[C@@H]2CN[C@@H](CO)C2)c(Cl)c1. The number of unbranched alkanes of at least 4 members (excludes halogenated alkanes) is 5. The summed E-state index contributed by atoms with van der Waals surface area (Å²) in [6.45, 7) is 3.17. The van der Waals surface area contributed by atoms with E-state index in [0.717, 1.165) is 25.1 Å². The molecule has 1 saturated heterocycles. The first-order chi connectivity index (χ1) is 11.2. The molecular formula is C19H30ClNO2. The molecule has 1 aromatic carbocycles. The Morgan fingerprint density at radius 3 is 2.70 bits per heavy atom. The van der Waals surface area contributed by atoms with Crippen LogP contribution >= 0.6 is 11.6 Å². The molecule has 1 aliphatic heterocycles. The smallest absolute Gasteiger partial charge is 0.138 e. The molecule has 1 fully saturated rings. The van der Waals surface area contributed by atoms with Crippen LogP contribution in [0.15, 0.2) is 18.2 Å². The van der Waals surface area contributed by atoms with Gasteiger partial charge in [-0.05, 0) is 30.5 Å². The van der Waals surface area contributed by atoms with Crippen LogP contribution in [-0.2, 0) is 6.42 Å². The predicted molar refractivity (Wildman–Crippen MR) is 96.4 cm³/mol. The zero-order valence-electron chi connectivity index (χ0n) is 14.2. The molecule has 4 heteroatoms. The number of aliphatic hydroxyl groups excluding tert-OH is 1. The molecule has 0 amide bonds. The molecule has 2 rings (SSSR count). The Hall–Kier alpha value is -0.770. The molecule has 0 spiro atoms. The van der Waals surface area contributed by atoms with E-state index in [9.17, 15) is 0 Å². The molecule has 3 nitrogen and oxygen atoms in total. The third kappa shape index (κ3) is 6.33. The lowest BCUT2D eigenvalue weighted by Gasteiger charge is -2.15. The van der Waals surface area contributed by atoms with Crippen molar-refractivity contribution in [2.24, 2.45) is 0 Å². The predicted octanol–water partition coefficient (Wildman–Crippen LogP) is 4.34. The maximum atomic E-state index is 9.15. The fourth-order valence-corrected chi connectivity index (χ4v) is 3.34. The summed E-state index contributed by atoms with van der Waals surface area (Å²) in [5.74, 6) is 0.753. The van der Waals surface area contributed by atoms with E-state index in [1.54, 1.807) is 0 Å². The van der Waals surface area contributed by atoms with E-state index in [2.05, 4.69) is 18.3 Å². The molecule has 2 N–H and O–H groups in total. The largest absolute Gasteiger partial charge is 0.487 e. The summed E-state index contributed by atoms with van der Waals surface area (Å²) in [6, 6.07) is 6.29. The molecule has 2 atom stereocenters. The van der Waals surface area contributed by atoms with E-state index in [-0.39, 0.29) is 18.8 Å². The topological polar surface area (TPSA) is 41.5 Å². The van der Waals surface area contributed by atoms with E-state index in [1.165, 1.54) is 44.1 Å². The van der Waals surface area contributed by atoms with E-state index in [1.807, 2.05) is 12.1 Å². The van der Waals surface area contributed by atoms with Crippen LogP contribution in [0.3, 0.4) is 0 Å². The van der Waals surface area contributed by atoms with Gasteiger partial charge >= 0.3 is 0 Å². The number of hydrogen-bond acceptors (Lipinski definition) is 3. The Labute approximate surface area is 145 Å². The summed E-state index contributed by atoms with van der Waals surface area (Å²) in [5, 5.41) is 13.1. The first kappa shape index (κ1) is 18.6. The summed E-state index contributed by atoms with van der Waals surface area (Å²) in [6.07, 6.45) is 9.87. The zero-order chi connectivity index (χ0) is 16.5. The second-order valence-electron chi connectivity index (χ2n) is 6.55. The molecule has 0 bridgehead atoms. The van der Waals surface area contributed by atoms with Crippen molar-refractivity contribution in [2.45, 2.75) is 70.4 Å². The fraction of sp³-hybridized carbons (Fsp3) is 0.684. The lowest BCUT2D eigenvalue weighted by molar-refractivity contribution is 0.206. The maximum Gasteiger partial charge on any atom is 0.138 e. The van der Waals surface area contributed by atoms with Crippen molar-refractivity contribution in [1.82, 2.24) is 5.32 Å². The number of halogens is 1. The third-order valence-corrected chi connectivity index (χ3v) is 4.81. The Kier molecular flexibility index (Phi) is 8.21. The second-order valence-corrected chi connectivity index (χ2v) is 6.95. The Morgan fingerprint density at radius 2 is 2.00 bits per heavy atom. The Morgan fingerprint density at radius 1 is 1.22 bits per heavy atom. The first-order valence-corrected chi connectivity index (χ1v) is 9.40. The van der Waals surface area contributed by atoms with E-state index in [4.69, 9.17) is 21.4 Å². The molecule has 0 saturated carbocycles. The highest BCUT2D eigenvalue weighted by atomic mass is 35.5. The highest BCUT2D eigenvalue weighted by molar-refractivity contribution is 6.32. The minimum atomic E-state index is 0.0917. The van der Waals surface area contributed by atoms with Crippen molar-refractivity contribution >= 4 is 11.6 Å². The van der Waals surface area contributed by atoms with Crippen LogP contribution in [-0.4, -0.2) is 30.4 Å². The molecule has 0 unspecified atom stereocenters. The average molecular weight is 340 g/mol. The van der Waals surface area contributed by atoms with Crippen molar-refractivity contribution in [2.75, 3.05) is 13.2 Å². The second kappa shape index (κ2) is 10.2. The highest BCUT2D eigenvalue weighted by Crippen LogP contribution is 2.28. The van der Waals surface area contributed by atoms with Gasteiger partial charge in [-0.25, -0.2) is 0 Å². The van der Waals surface area contributed by atoms with E-state index >= 15 is 0 Å². The molecular weight excluding hydrogens is 310 g/mol. The maximum absolute atomic E-state index is 9.15. The number of nitrogens with one attached hydrogen (secondary N) is 1. The number of aliphatic hydroxyl groups is 1. The van der Waals surface area contributed by atoms with E-state index in [0.29, 0.717) is 5.02 Å². The minimum absolute atomic E-state index is 0.0917. The Bertz CT molecular complexity index is 467. The Balaban J connectivity index is 1.74. The van der Waals surface area contributed by atoms with Gasteiger partial charge in [0.05, 0.1) is 11.6 Å². The van der Waals surface area contributed by atoms with Gasteiger partial charge in [0.1, 0.15) is 11.9 Å². The molecule has 1 heterocycles. The van der Waals surface area contributed by atoms with Crippen LogP contribution in [0.25, 0.3) is 0 Å². The monoisotopic (exact) mass is 339 g/mol. The van der Waals surface area contributed by atoms with Crippen LogP contribution in [0.4, 0.5) is 0 Å². The van der Waals surface area contributed by atoms with Crippen LogP contribution in [0.5, 0.6) is 5.75 Å². The molecule has 1 aromatic rings. The van der Waals surface area contributed by atoms with Crippen LogP contribution in [0.1, 0.15) is 57.4 Å². The molecule has 0 aromatic heterocycles. The van der Waals surface area contributed by atoms with Gasteiger partial charge in [-0.3, -0.25) is 0 Å². The third-order valence-electron chi connectivity index (χ3n) is 4.51. The average Bonchev–Trinajstić information content (AvgIpc) is 3.01. The number of hydrogen-bond donors (Lipinski definition) is 2. The standard InChI is InChI=1S/C19H30ClNO2/c1-2-3-4-5-6-7-8-15-9-10-19(18(20)11-15)23-17-12-16(14-22)21-13-17/h9-11,16-17,21-22H,2-8,12-14H2,1H3/t16-,17+/m1/s1. The summed E-state index contributed by atoms with van der Waals surface area (Å²) in [7, 11) is 0. The summed E-state index contributed by atoms with van der Waals surface area (Å²) < 4.78 is 5.96. The van der Waals surface area contributed by atoms with Crippen LogP contribution in [0, 0.1) is 0 Å². The van der Waals surface area contributed by atoms with Gasteiger partial charge in [-0.15, -0.1) is 0 Å². The number of benzene rings is 1. The van der Waals surface area contributed by atoms with Crippen LogP contribution < -0.4 is 10.1 Å². The fourth-order valence-electron chi connectivity index (χ4n) is 3.10. The number of rotatable bonds is 10. The van der Waals surface area contributed by atoms with Crippen molar-refractivity contribution in [1.29, 1.82) is 0 Å². The summed E-state index contributed by atoms with van der Waals surface area (Å²) in [4.78, 5) is 0. The normalized spacial score (nSPS) is 20.8. The molecule has 1 aliphatic rings. The molecule has 0 radical (unpaired) electrons. The molecule has 23 heavy (non-hydrogen) atoms. The van der Waals surface area contributed by atoms with Gasteiger partial charge in [0.25, 0.3) is 0 Å². The van der Waals surface area contributed by atoms with Gasteiger partial charge in [0.15, 0.2) is 0 Å². The van der Waals surface area contributed by atoms with Gasteiger partial charge in [-0.1, -0.05) is 56.7 Å². The molecule has 0 aliphatic carbocycles. The van der Waals surface area contributed by atoms with Gasteiger partial charge < -0.3 is 15.2 Å². The zero-order valence-corrected chi connectivity index (χ0v) is 14.9. The van der Waals surface area contributed by atoms with Gasteiger partial charge in [0, 0.05) is 19.0 Å². The van der Waals surface area contributed by atoms with Crippen LogP contribution in [0.2, 0.25) is 5.02 Å². The summed E-state index contributed by atoms with van der Waals surface area (Å²) >= 11 is 6.36. The van der Waals surface area contributed by atoms with Crippen molar-refractivity contribution in [3.05, 3.63) is 28.8 Å².